The molecule has 0 unspecified atom stereocenters. The van der Waals surface area contributed by atoms with Crippen molar-refractivity contribution in [2.45, 2.75) is 12.0 Å². The van der Waals surface area contributed by atoms with Crippen LogP contribution in [0.3, 0.4) is 0 Å². The lowest BCUT2D eigenvalue weighted by Crippen LogP contribution is -2.60. The molecular weight excluding hydrogens is 222 g/mol. The molecule has 0 saturated carbocycles. The molecule has 1 amide bonds. The molecule has 17 heavy (non-hydrogen) atoms. The zero-order chi connectivity index (χ0) is 12.3. The van der Waals surface area contributed by atoms with Crippen molar-refractivity contribution < 1.29 is 9.90 Å². The van der Waals surface area contributed by atoms with Crippen molar-refractivity contribution in [1.29, 1.82) is 0 Å². The number of aliphatic hydroxyl groups is 1. The molecule has 0 aliphatic carbocycles. The Kier molecular flexibility index (Phi) is 3.21. The van der Waals surface area contributed by atoms with Crippen LogP contribution in [0.25, 0.3) is 0 Å². The highest BCUT2D eigenvalue weighted by atomic mass is 16.3. The van der Waals surface area contributed by atoms with Crippen LogP contribution in [0.2, 0.25) is 0 Å². The van der Waals surface area contributed by atoms with Crippen LogP contribution in [0.5, 0.6) is 0 Å². The largest absolute Gasteiger partial charge is 0.387 e. The van der Waals surface area contributed by atoms with Crippen LogP contribution in [0.1, 0.15) is 16.9 Å². The average Bonchev–Trinajstić information content (AvgIpc) is 2.27. The number of amides is 1. The van der Waals surface area contributed by atoms with Gasteiger partial charge < -0.3 is 21.5 Å². The molecule has 1 aromatic heterocycles. The number of nitrogens with zero attached hydrogens (tertiary/aromatic N) is 2. The SMILES string of the molecule is NC(=O)c1cc(NCCC2(O)CNC2)ncn1. The van der Waals surface area contributed by atoms with Crippen LogP contribution < -0.4 is 16.4 Å². The number of carbonyl (C=O) groups is 1. The smallest absolute Gasteiger partial charge is 0.267 e. The van der Waals surface area contributed by atoms with E-state index in [0.29, 0.717) is 31.9 Å². The number of hydrogen-bond acceptors (Lipinski definition) is 6. The molecule has 1 aromatic rings. The second-order valence-corrected chi connectivity index (χ2v) is 4.16. The van der Waals surface area contributed by atoms with Crippen molar-refractivity contribution in [2.75, 3.05) is 25.0 Å². The molecule has 1 fully saturated rings. The molecule has 0 radical (unpaired) electrons. The first-order valence-electron chi connectivity index (χ1n) is 5.38. The number of primary amides is 1. The summed E-state index contributed by atoms with van der Waals surface area (Å²) < 4.78 is 0. The highest BCUT2D eigenvalue weighted by molar-refractivity contribution is 5.91. The second kappa shape index (κ2) is 4.64. The van der Waals surface area contributed by atoms with E-state index in [2.05, 4.69) is 20.6 Å². The molecule has 2 rings (SSSR count). The summed E-state index contributed by atoms with van der Waals surface area (Å²) in [6.45, 7) is 1.81. The average molecular weight is 237 g/mol. The van der Waals surface area contributed by atoms with E-state index in [1.807, 2.05) is 0 Å². The standard InChI is InChI=1S/C10H15N5O2/c11-9(16)7-3-8(15-6-14-7)13-2-1-10(17)4-12-5-10/h3,6,12,17H,1-2,4-5H2,(H2,11,16)(H,13,14,15). The van der Waals surface area contributed by atoms with Crippen molar-refractivity contribution >= 4 is 11.7 Å². The zero-order valence-corrected chi connectivity index (χ0v) is 9.31. The number of nitrogens with two attached hydrogens (primary N) is 1. The first-order chi connectivity index (χ1) is 8.09. The van der Waals surface area contributed by atoms with E-state index in [0.717, 1.165) is 0 Å². The van der Waals surface area contributed by atoms with Crippen LogP contribution in [0, 0.1) is 0 Å². The molecule has 5 N–H and O–H groups in total. The van der Waals surface area contributed by atoms with Gasteiger partial charge in [0.2, 0.25) is 0 Å². The third kappa shape index (κ3) is 2.89. The number of β-amino-alcohol motifs (C(OH)–C–C–N with tert-alkyl or cyclic N) is 1. The van der Waals surface area contributed by atoms with E-state index in [1.54, 1.807) is 0 Å². The van der Waals surface area contributed by atoms with Gasteiger partial charge in [0.1, 0.15) is 17.8 Å². The van der Waals surface area contributed by atoms with Crippen molar-refractivity contribution in [3.8, 4) is 0 Å². The van der Waals surface area contributed by atoms with Gasteiger partial charge >= 0.3 is 0 Å². The highest BCUT2D eigenvalue weighted by Gasteiger charge is 2.33. The molecule has 0 bridgehead atoms. The van der Waals surface area contributed by atoms with Gasteiger partial charge in [-0.05, 0) is 6.42 Å². The summed E-state index contributed by atoms with van der Waals surface area (Å²) >= 11 is 0. The van der Waals surface area contributed by atoms with Crippen LogP contribution in [0.4, 0.5) is 5.82 Å². The number of carbonyl (C=O) groups excluding carboxylic acids is 1. The Hall–Kier alpha value is -1.73. The van der Waals surface area contributed by atoms with Gasteiger partial charge in [0.15, 0.2) is 0 Å². The van der Waals surface area contributed by atoms with E-state index >= 15 is 0 Å². The van der Waals surface area contributed by atoms with E-state index in [1.165, 1.54) is 12.4 Å². The first-order valence-corrected chi connectivity index (χ1v) is 5.38. The molecule has 1 aliphatic rings. The highest BCUT2D eigenvalue weighted by Crippen LogP contribution is 2.15. The summed E-state index contributed by atoms with van der Waals surface area (Å²) in [6.07, 6.45) is 1.90. The lowest BCUT2D eigenvalue weighted by atomic mass is 9.93. The fraction of sp³-hybridized carbons (Fsp3) is 0.500. The molecule has 7 nitrogen and oxygen atoms in total. The Labute approximate surface area is 98.4 Å². The van der Waals surface area contributed by atoms with Gasteiger partial charge in [-0.25, -0.2) is 9.97 Å². The van der Waals surface area contributed by atoms with Gasteiger partial charge in [-0.3, -0.25) is 4.79 Å². The Balaban J connectivity index is 1.86. The summed E-state index contributed by atoms with van der Waals surface area (Å²) in [6, 6.07) is 1.49. The van der Waals surface area contributed by atoms with Gasteiger partial charge in [0, 0.05) is 25.7 Å². The van der Waals surface area contributed by atoms with Gasteiger partial charge in [-0.15, -0.1) is 0 Å². The predicted octanol–water partition coefficient (Wildman–Crippen LogP) is -1.29. The third-order valence-electron chi connectivity index (χ3n) is 2.72. The van der Waals surface area contributed by atoms with Gasteiger partial charge in [-0.2, -0.15) is 0 Å². The minimum Gasteiger partial charge on any atom is -0.387 e. The Bertz CT molecular complexity index is 419. The van der Waals surface area contributed by atoms with Crippen LogP contribution in [0.15, 0.2) is 12.4 Å². The van der Waals surface area contributed by atoms with Crippen LogP contribution in [-0.2, 0) is 0 Å². The normalized spacial score (nSPS) is 17.2. The maximum Gasteiger partial charge on any atom is 0.267 e. The lowest BCUT2D eigenvalue weighted by Gasteiger charge is -2.37. The molecule has 2 heterocycles. The molecule has 1 saturated heterocycles. The van der Waals surface area contributed by atoms with Gasteiger partial charge in [-0.1, -0.05) is 0 Å². The zero-order valence-electron chi connectivity index (χ0n) is 9.31. The van der Waals surface area contributed by atoms with E-state index in [-0.39, 0.29) is 5.69 Å². The molecule has 92 valence electrons. The quantitative estimate of drug-likeness (QED) is 0.507. The molecule has 0 spiro atoms. The van der Waals surface area contributed by atoms with E-state index in [9.17, 15) is 9.90 Å². The summed E-state index contributed by atoms with van der Waals surface area (Å²) in [7, 11) is 0. The van der Waals surface area contributed by atoms with Crippen LogP contribution in [-0.4, -0.2) is 46.2 Å². The maximum absolute atomic E-state index is 10.9. The van der Waals surface area contributed by atoms with Gasteiger partial charge in [0.25, 0.3) is 5.91 Å². The topological polar surface area (TPSA) is 113 Å². The molecule has 7 heteroatoms. The van der Waals surface area contributed by atoms with E-state index < -0.39 is 11.5 Å². The fourth-order valence-corrected chi connectivity index (χ4v) is 1.60. The maximum atomic E-state index is 10.9. The number of hydrogen-bond donors (Lipinski definition) is 4. The number of aromatic nitrogens is 2. The minimum atomic E-state index is -0.619. The van der Waals surface area contributed by atoms with Crippen molar-refractivity contribution in [1.82, 2.24) is 15.3 Å². The Morgan fingerprint density at radius 3 is 2.94 bits per heavy atom. The lowest BCUT2D eigenvalue weighted by molar-refractivity contribution is -0.0139. The number of rotatable bonds is 5. The minimum absolute atomic E-state index is 0.173. The summed E-state index contributed by atoms with van der Waals surface area (Å²) in [5, 5.41) is 15.8. The predicted molar refractivity (Wildman–Crippen MR) is 61.5 cm³/mol. The third-order valence-corrected chi connectivity index (χ3v) is 2.72. The van der Waals surface area contributed by atoms with E-state index in [4.69, 9.17) is 5.73 Å². The Morgan fingerprint density at radius 1 is 1.59 bits per heavy atom. The monoisotopic (exact) mass is 237 g/mol. The number of anilines is 1. The second-order valence-electron chi connectivity index (χ2n) is 4.16. The molecule has 1 aliphatic heterocycles. The first kappa shape index (κ1) is 11.7. The Morgan fingerprint density at radius 2 is 2.35 bits per heavy atom. The molecule has 0 aromatic carbocycles. The van der Waals surface area contributed by atoms with Crippen molar-refractivity contribution in [3.63, 3.8) is 0 Å². The summed E-state index contributed by atoms with van der Waals surface area (Å²) in [5.74, 6) is -0.0537. The fourth-order valence-electron chi connectivity index (χ4n) is 1.60. The molecular formula is C10H15N5O2. The number of nitrogens with one attached hydrogen (secondary N) is 2. The summed E-state index contributed by atoms with van der Waals surface area (Å²) in [4.78, 5) is 18.6. The van der Waals surface area contributed by atoms with Crippen molar-refractivity contribution in [2.24, 2.45) is 5.73 Å². The van der Waals surface area contributed by atoms with Crippen molar-refractivity contribution in [3.05, 3.63) is 18.1 Å². The van der Waals surface area contributed by atoms with Crippen LogP contribution >= 0.6 is 0 Å². The van der Waals surface area contributed by atoms with Gasteiger partial charge in [0.05, 0.1) is 5.60 Å². The molecule has 0 atom stereocenters. The summed E-state index contributed by atoms with van der Waals surface area (Å²) in [5.41, 5.74) is 4.66.